The van der Waals surface area contributed by atoms with Crippen molar-refractivity contribution in [1.82, 2.24) is 24.7 Å². The van der Waals surface area contributed by atoms with E-state index >= 15 is 0 Å². The van der Waals surface area contributed by atoms with Gasteiger partial charge in [-0.2, -0.15) is 10.1 Å². The summed E-state index contributed by atoms with van der Waals surface area (Å²) < 4.78 is 34.6. The van der Waals surface area contributed by atoms with Gasteiger partial charge in [0.1, 0.15) is 17.9 Å². The highest BCUT2D eigenvalue weighted by atomic mass is 19.2. The van der Waals surface area contributed by atoms with Crippen molar-refractivity contribution in [3.63, 3.8) is 0 Å². The molecule has 6 rings (SSSR count). The Bertz CT molecular complexity index is 1170. The first-order valence-corrected chi connectivity index (χ1v) is 11.7. The third-order valence-electron chi connectivity index (χ3n) is 7.20. The Kier molecular flexibility index (Phi) is 4.99. The molecule has 3 atom stereocenters. The van der Waals surface area contributed by atoms with Crippen LogP contribution in [0.2, 0.25) is 0 Å². The van der Waals surface area contributed by atoms with Gasteiger partial charge in [-0.25, -0.2) is 23.4 Å². The molecule has 0 spiro atoms. The molecule has 9 heteroatoms. The molecule has 3 aliphatic rings. The maximum absolute atomic E-state index is 13.6. The molecule has 1 aromatic carbocycles. The number of hydrogen-bond donors (Lipinski definition) is 0. The van der Waals surface area contributed by atoms with Crippen LogP contribution in [0.15, 0.2) is 30.6 Å². The van der Waals surface area contributed by atoms with Crippen molar-refractivity contribution in [3.8, 4) is 11.8 Å². The molecule has 0 radical (unpaired) electrons. The van der Waals surface area contributed by atoms with Gasteiger partial charge in [-0.15, -0.1) is 0 Å². The number of anilines is 1. The molecular weight excluding hydrogens is 426 g/mol. The second-order valence-electron chi connectivity index (χ2n) is 9.55. The van der Waals surface area contributed by atoms with Gasteiger partial charge < -0.3 is 9.64 Å². The Balaban J connectivity index is 1.19. The first-order valence-electron chi connectivity index (χ1n) is 11.7. The van der Waals surface area contributed by atoms with E-state index in [1.807, 2.05) is 11.6 Å². The highest BCUT2D eigenvalue weighted by molar-refractivity contribution is 5.40. The van der Waals surface area contributed by atoms with Gasteiger partial charge in [-0.1, -0.05) is 0 Å². The number of aromatic nitrogens is 5. The Labute approximate surface area is 190 Å². The highest BCUT2D eigenvalue weighted by Gasteiger charge is 2.43. The van der Waals surface area contributed by atoms with Crippen molar-refractivity contribution in [1.29, 1.82) is 0 Å². The molecular formula is C24H26F2N6O. The molecule has 3 heterocycles. The fraction of sp³-hybridized carbons (Fsp3) is 0.500. The van der Waals surface area contributed by atoms with Crippen LogP contribution in [0.1, 0.15) is 43.2 Å². The fourth-order valence-electron chi connectivity index (χ4n) is 5.39. The Hall–Kier alpha value is -3.10. The second kappa shape index (κ2) is 8.04. The number of fused-ring (bicyclic) bond motifs is 2. The van der Waals surface area contributed by atoms with Gasteiger partial charge in [-0.3, -0.25) is 0 Å². The molecule has 2 aliphatic carbocycles. The lowest BCUT2D eigenvalue weighted by atomic mass is 9.82. The fourth-order valence-corrected chi connectivity index (χ4v) is 5.39. The van der Waals surface area contributed by atoms with Crippen molar-refractivity contribution in [2.75, 3.05) is 18.0 Å². The summed E-state index contributed by atoms with van der Waals surface area (Å²) in [6.45, 7) is 3.96. The molecule has 172 valence electrons. The summed E-state index contributed by atoms with van der Waals surface area (Å²) in [6.07, 6.45) is 6.91. The van der Waals surface area contributed by atoms with Gasteiger partial charge in [-0.05, 0) is 62.5 Å². The van der Waals surface area contributed by atoms with Crippen LogP contribution >= 0.6 is 0 Å². The number of piperidine rings is 1. The van der Waals surface area contributed by atoms with Crippen LogP contribution in [0.25, 0.3) is 0 Å². The average molecular weight is 453 g/mol. The molecule has 33 heavy (non-hydrogen) atoms. The lowest BCUT2D eigenvalue weighted by Gasteiger charge is -2.38. The van der Waals surface area contributed by atoms with Crippen LogP contribution in [0.4, 0.5) is 14.6 Å². The Morgan fingerprint density at radius 3 is 2.48 bits per heavy atom. The van der Waals surface area contributed by atoms with Crippen molar-refractivity contribution >= 4 is 5.82 Å². The molecule has 2 saturated carbocycles. The van der Waals surface area contributed by atoms with Crippen LogP contribution < -0.4 is 9.64 Å². The molecule has 0 N–H and O–H groups in total. The second-order valence-corrected chi connectivity index (χ2v) is 9.55. The monoisotopic (exact) mass is 452 g/mol. The number of ether oxygens (including phenoxy) is 1. The minimum atomic E-state index is -0.938. The molecule has 3 aromatic rings. The van der Waals surface area contributed by atoms with Crippen LogP contribution in [-0.4, -0.2) is 37.8 Å². The van der Waals surface area contributed by atoms with E-state index in [1.165, 1.54) is 18.9 Å². The van der Waals surface area contributed by atoms with Gasteiger partial charge in [0.25, 0.3) is 0 Å². The van der Waals surface area contributed by atoms with E-state index in [1.54, 1.807) is 6.33 Å². The van der Waals surface area contributed by atoms with Gasteiger partial charge in [0.2, 0.25) is 0 Å². The SMILES string of the molecule is Cc1cc(N2C[C@H]3CC[C@@H](C2)C3Cc2nc(Oc3ccc(F)c(F)c3)n(C3CC3)n2)ncn1. The Morgan fingerprint density at radius 1 is 1.00 bits per heavy atom. The molecule has 1 aliphatic heterocycles. The maximum Gasteiger partial charge on any atom is 0.320 e. The quantitative estimate of drug-likeness (QED) is 0.549. The lowest BCUT2D eigenvalue weighted by molar-refractivity contribution is 0.264. The predicted molar refractivity (Wildman–Crippen MR) is 117 cm³/mol. The molecule has 3 fully saturated rings. The van der Waals surface area contributed by atoms with Crippen LogP contribution in [0.5, 0.6) is 11.8 Å². The lowest BCUT2D eigenvalue weighted by Crippen LogP contribution is -2.43. The Morgan fingerprint density at radius 2 is 1.79 bits per heavy atom. The number of aryl methyl sites for hydroxylation is 1. The van der Waals surface area contributed by atoms with Crippen LogP contribution in [0.3, 0.4) is 0 Å². The first kappa shape index (κ1) is 20.5. The van der Waals surface area contributed by atoms with Crippen LogP contribution in [-0.2, 0) is 6.42 Å². The number of rotatable bonds is 6. The van der Waals surface area contributed by atoms with Gasteiger partial charge in [0.05, 0.1) is 6.04 Å². The number of benzene rings is 1. The van der Waals surface area contributed by atoms with Crippen molar-refractivity contribution in [2.24, 2.45) is 17.8 Å². The highest BCUT2D eigenvalue weighted by Crippen LogP contribution is 2.45. The third kappa shape index (κ3) is 4.05. The van der Waals surface area contributed by atoms with E-state index in [0.717, 1.165) is 61.8 Å². The first-order chi connectivity index (χ1) is 16.0. The number of hydrogen-bond acceptors (Lipinski definition) is 6. The number of nitrogens with zero attached hydrogens (tertiary/aromatic N) is 6. The summed E-state index contributed by atoms with van der Waals surface area (Å²) in [6, 6.07) is 6.21. The smallest absolute Gasteiger partial charge is 0.320 e. The van der Waals surface area contributed by atoms with Gasteiger partial charge in [0.15, 0.2) is 17.5 Å². The van der Waals surface area contributed by atoms with Gasteiger partial charge in [0, 0.05) is 37.3 Å². The summed E-state index contributed by atoms with van der Waals surface area (Å²) in [5.74, 6) is 1.84. The van der Waals surface area contributed by atoms with Crippen molar-refractivity contribution in [3.05, 3.63) is 53.7 Å². The standard InChI is InChI=1S/C24H26F2N6O/c1-14-8-23(28-13-27-14)31-11-15-2-3-16(12-31)19(15)10-22-29-24(32(30-22)17-4-5-17)33-18-6-7-20(25)21(26)9-18/h6-9,13,15-17,19H,2-5,10-12H2,1H3/t15-,16+,19?. The minimum absolute atomic E-state index is 0.225. The summed E-state index contributed by atoms with van der Waals surface area (Å²) in [5, 5.41) is 4.77. The van der Waals surface area contributed by atoms with Gasteiger partial charge >= 0.3 is 6.01 Å². The summed E-state index contributed by atoms with van der Waals surface area (Å²) in [7, 11) is 0. The number of halogens is 2. The summed E-state index contributed by atoms with van der Waals surface area (Å²) >= 11 is 0. The molecule has 0 amide bonds. The van der Waals surface area contributed by atoms with E-state index in [-0.39, 0.29) is 11.8 Å². The summed E-state index contributed by atoms with van der Waals surface area (Å²) in [5.41, 5.74) is 0.984. The van der Waals surface area contributed by atoms with E-state index < -0.39 is 11.6 Å². The third-order valence-corrected chi connectivity index (χ3v) is 7.20. The average Bonchev–Trinajstić information content (AvgIpc) is 3.53. The zero-order valence-electron chi connectivity index (χ0n) is 18.5. The zero-order chi connectivity index (χ0) is 22.5. The van der Waals surface area contributed by atoms with E-state index in [4.69, 9.17) is 9.84 Å². The summed E-state index contributed by atoms with van der Waals surface area (Å²) in [4.78, 5) is 15.8. The van der Waals surface area contributed by atoms with E-state index in [2.05, 4.69) is 25.9 Å². The molecule has 1 unspecified atom stereocenters. The zero-order valence-corrected chi connectivity index (χ0v) is 18.5. The molecule has 2 bridgehead atoms. The van der Waals surface area contributed by atoms with Crippen molar-refractivity contribution in [2.45, 2.75) is 45.1 Å². The molecule has 1 saturated heterocycles. The normalized spacial score (nSPS) is 24.3. The van der Waals surface area contributed by atoms with Crippen molar-refractivity contribution < 1.29 is 13.5 Å². The topological polar surface area (TPSA) is 69.0 Å². The minimum Gasteiger partial charge on any atom is -0.424 e. The van der Waals surface area contributed by atoms with E-state index in [9.17, 15) is 8.78 Å². The maximum atomic E-state index is 13.6. The van der Waals surface area contributed by atoms with E-state index in [0.29, 0.717) is 23.8 Å². The molecule has 7 nitrogen and oxygen atoms in total. The van der Waals surface area contributed by atoms with Crippen LogP contribution in [0, 0.1) is 36.3 Å². The predicted octanol–water partition coefficient (Wildman–Crippen LogP) is 4.49. The molecule has 2 aromatic heterocycles. The largest absolute Gasteiger partial charge is 0.424 e.